The minimum atomic E-state index is -0.961. The Morgan fingerprint density at radius 2 is 0.767 bits per heavy atom. The average molecular weight is 840 g/mol. The van der Waals surface area contributed by atoms with Crippen LogP contribution in [-0.2, 0) is 4.79 Å². The van der Waals surface area contributed by atoms with Crippen LogP contribution in [0, 0.1) is 0 Å². The van der Waals surface area contributed by atoms with E-state index in [1.807, 2.05) is 6.08 Å². The Bertz CT molecular complexity index is 1020. The molecule has 1 amide bonds. The Balaban J connectivity index is 3.58. The molecular weight excluding hydrogens is 739 g/mol. The van der Waals surface area contributed by atoms with Crippen molar-refractivity contribution in [3.8, 4) is 0 Å². The van der Waals surface area contributed by atoms with Crippen molar-refractivity contribution in [2.24, 2.45) is 0 Å². The minimum Gasteiger partial charge on any atom is -0.394 e. The minimum absolute atomic E-state index is 0.00112. The molecule has 3 atom stereocenters. The van der Waals surface area contributed by atoms with Gasteiger partial charge in [0.05, 0.1) is 31.3 Å². The maximum Gasteiger partial charge on any atom is 0.222 e. The zero-order valence-corrected chi connectivity index (χ0v) is 39.8. The first-order valence-electron chi connectivity index (χ1n) is 26.1. The van der Waals surface area contributed by atoms with Crippen molar-refractivity contribution in [3.63, 3.8) is 0 Å². The van der Waals surface area contributed by atoms with Gasteiger partial charge in [-0.15, -0.1) is 0 Å². The summed E-state index contributed by atoms with van der Waals surface area (Å²) in [6, 6.07) is -0.769. The maximum atomic E-state index is 12.5. The van der Waals surface area contributed by atoms with E-state index in [0.29, 0.717) is 6.42 Å². The number of amides is 1. The van der Waals surface area contributed by atoms with Crippen LogP contribution in [0.1, 0.15) is 258 Å². The van der Waals surface area contributed by atoms with Crippen LogP contribution in [0.4, 0.5) is 0 Å². The first kappa shape index (κ1) is 58.0. The van der Waals surface area contributed by atoms with Crippen molar-refractivity contribution in [2.75, 3.05) is 6.61 Å². The quantitative estimate of drug-likeness (QED) is 0.0363. The monoisotopic (exact) mass is 840 g/mol. The van der Waals surface area contributed by atoms with Gasteiger partial charge in [0.2, 0.25) is 5.91 Å². The van der Waals surface area contributed by atoms with Crippen LogP contribution in [-0.4, -0.2) is 46.1 Å². The number of aliphatic hydroxyl groups is 3. The fourth-order valence-corrected chi connectivity index (χ4v) is 7.76. The second kappa shape index (κ2) is 49.7. The molecule has 0 heterocycles. The van der Waals surface area contributed by atoms with E-state index < -0.39 is 18.2 Å². The van der Waals surface area contributed by atoms with E-state index >= 15 is 0 Å². The molecule has 0 rings (SSSR count). The van der Waals surface area contributed by atoms with Gasteiger partial charge in [0, 0.05) is 0 Å². The van der Waals surface area contributed by atoms with Gasteiger partial charge in [0.15, 0.2) is 0 Å². The summed E-state index contributed by atoms with van der Waals surface area (Å²) in [4.78, 5) is 12.5. The van der Waals surface area contributed by atoms with Crippen LogP contribution >= 0.6 is 0 Å². The Hall–Kier alpha value is -1.95. The van der Waals surface area contributed by atoms with Crippen molar-refractivity contribution in [3.05, 3.63) is 60.8 Å². The van der Waals surface area contributed by atoms with Crippen LogP contribution in [0.2, 0.25) is 0 Å². The van der Waals surface area contributed by atoms with Crippen molar-refractivity contribution in [1.82, 2.24) is 5.32 Å². The first-order valence-corrected chi connectivity index (χ1v) is 26.1. The zero-order chi connectivity index (χ0) is 43.7. The lowest BCUT2D eigenvalue weighted by atomic mass is 10.0. The molecule has 0 radical (unpaired) electrons. The molecule has 0 fully saturated rings. The summed E-state index contributed by atoms with van der Waals surface area (Å²) < 4.78 is 0. The highest BCUT2D eigenvalue weighted by Crippen LogP contribution is 2.16. The third kappa shape index (κ3) is 45.6. The van der Waals surface area contributed by atoms with Crippen LogP contribution in [0.5, 0.6) is 0 Å². The molecule has 0 spiro atoms. The summed E-state index contributed by atoms with van der Waals surface area (Å²) >= 11 is 0. The topological polar surface area (TPSA) is 89.8 Å². The summed E-state index contributed by atoms with van der Waals surface area (Å²) in [5, 5.41) is 33.3. The van der Waals surface area contributed by atoms with Gasteiger partial charge >= 0.3 is 0 Å². The standard InChI is InChI=1S/C55H101NO4/c1-3-5-7-9-11-13-15-17-19-20-21-22-23-24-25-26-27-28-29-30-31-32-33-34-35-36-38-40-42-44-46-48-52(58)50-55(60)56-53(51-57)54(59)49-47-45-43-41-39-37-18-16-14-12-10-8-6-4-2/h14,16,21-22,24-25,39,41,47,49,52-54,57-59H,3-13,15,17-20,23,26-38,40,42-46,48,50-51H2,1-2H3,(H,56,60)/b16-14+,22-21-,25-24-,41-39+,49-47+. The normalized spacial score (nSPS) is 13.9. The number of hydrogen-bond donors (Lipinski definition) is 4. The molecule has 0 aliphatic rings. The molecule has 0 saturated heterocycles. The van der Waals surface area contributed by atoms with Gasteiger partial charge in [-0.2, -0.15) is 0 Å². The van der Waals surface area contributed by atoms with Gasteiger partial charge in [-0.05, 0) is 77.0 Å². The second-order valence-corrected chi connectivity index (χ2v) is 17.8. The van der Waals surface area contributed by atoms with E-state index in [0.717, 1.165) is 44.9 Å². The van der Waals surface area contributed by atoms with Gasteiger partial charge < -0.3 is 20.6 Å². The molecule has 350 valence electrons. The molecular formula is C55H101NO4. The number of nitrogens with one attached hydrogen (secondary N) is 1. The summed E-state index contributed by atoms with van der Waals surface area (Å²) in [6.45, 7) is 4.18. The molecule has 5 nitrogen and oxygen atoms in total. The van der Waals surface area contributed by atoms with Crippen molar-refractivity contribution < 1.29 is 20.1 Å². The lowest BCUT2D eigenvalue weighted by molar-refractivity contribution is -0.124. The van der Waals surface area contributed by atoms with E-state index in [1.54, 1.807) is 6.08 Å². The fourth-order valence-electron chi connectivity index (χ4n) is 7.76. The molecule has 4 N–H and O–H groups in total. The molecule has 0 aliphatic heterocycles. The first-order chi connectivity index (χ1) is 29.5. The SMILES string of the molecule is CCCCCC/C=C/CC/C=C/CC/C=C/C(O)C(CO)NC(=O)CC(O)CCCCCCCCCCCCCCCCC/C=C\C/C=C\CCCCCCCCCCC. The number of carbonyl (C=O) groups is 1. The highest BCUT2D eigenvalue weighted by molar-refractivity contribution is 5.76. The van der Waals surface area contributed by atoms with Crippen molar-refractivity contribution in [1.29, 1.82) is 0 Å². The van der Waals surface area contributed by atoms with E-state index in [9.17, 15) is 20.1 Å². The van der Waals surface area contributed by atoms with E-state index in [1.165, 1.54) is 186 Å². The summed E-state index contributed by atoms with van der Waals surface area (Å²) in [5.74, 6) is -0.330. The Labute approximate surface area is 373 Å². The molecule has 0 aliphatic carbocycles. The fraction of sp³-hybridized carbons (Fsp3) is 0.800. The molecule has 0 bridgehead atoms. The lowest BCUT2D eigenvalue weighted by Gasteiger charge is -2.21. The molecule has 3 unspecified atom stereocenters. The molecule has 0 aromatic rings. The summed E-state index contributed by atoms with van der Waals surface area (Å²) in [7, 11) is 0. The Kier molecular flexibility index (Phi) is 48.1. The van der Waals surface area contributed by atoms with Crippen LogP contribution in [0.25, 0.3) is 0 Å². The number of rotatable bonds is 47. The highest BCUT2D eigenvalue weighted by Gasteiger charge is 2.20. The van der Waals surface area contributed by atoms with Crippen LogP contribution < -0.4 is 5.32 Å². The number of carbonyl (C=O) groups excluding carboxylic acids is 1. The van der Waals surface area contributed by atoms with Crippen LogP contribution in [0.15, 0.2) is 60.8 Å². The van der Waals surface area contributed by atoms with Crippen LogP contribution in [0.3, 0.4) is 0 Å². The molecule has 5 heteroatoms. The third-order valence-corrected chi connectivity index (χ3v) is 11.8. The highest BCUT2D eigenvalue weighted by atomic mass is 16.3. The predicted octanol–water partition coefficient (Wildman–Crippen LogP) is 15.8. The van der Waals surface area contributed by atoms with E-state index in [-0.39, 0.29) is 18.9 Å². The van der Waals surface area contributed by atoms with Gasteiger partial charge in [-0.25, -0.2) is 0 Å². The zero-order valence-electron chi connectivity index (χ0n) is 39.8. The Morgan fingerprint density at radius 1 is 0.433 bits per heavy atom. The molecule has 0 aromatic heterocycles. The summed E-state index contributed by atoms with van der Waals surface area (Å²) in [6.07, 6.45) is 66.9. The lowest BCUT2D eigenvalue weighted by Crippen LogP contribution is -2.45. The Morgan fingerprint density at radius 3 is 1.18 bits per heavy atom. The molecule has 0 aromatic carbocycles. The van der Waals surface area contributed by atoms with Gasteiger partial charge in [-0.3, -0.25) is 4.79 Å². The van der Waals surface area contributed by atoms with Gasteiger partial charge in [0.1, 0.15) is 0 Å². The maximum absolute atomic E-state index is 12.5. The van der Waals surface area contributed by atoms with Gasteiger partial charge in [0.25, 0.3) is 0 Å². The number of allylic oxidation sites excluding steroid dienone is 9. The van der Waals surface area contributed by atoms with E-state index in [4.69, 9.17) is 0 Å². The smallest absolute Gasteiger partial charge is 0.222 e. The number of hydrogen-bond acceptors (Lipinski definition) is 4. The molecule has 60 heavy (non-hydrogen) atoms. The predicted molar refractivity (Wildman–Crippen MR) is 264 cm³/mol. The second-order valence-electron chi connectivity index (χ2n) is 17.8. The van der Waals surface area contributed by atoms with E-state index in [2.05, 4.69) is 67.8 Å². The van der Waals surface area contributed by atoms with Crippen molar-refractivity contribution in [2.45, 2.75) is 276 Å². The van der Waals surface area contributed by atoms with Crippen molar-refractivity contribution >= 4 is 5.91 Å². The number of aliphatic hydroxyl groups excluding tert-OH is 3. The largest absolute Gasteiger partial charge is 0.394 e. The van der Waals surface area contributed by atoms with Gasteiger partial charge in [-0.1, -0.05) is 235 Å². The summed E-state index contributed by atoms with van der Waals surface area (Å²) in [5.41, 5.74) is 0. The average Bonchev–Trinajstić information content (AvgIpc) is 3.24. The molecule has 0 saturated carbocycles. The third-order valence-electron chi connectivity index (χ3n) is 11.8. The number of unbranched alkanes of at least 4 members (excludes halogenated alkanes) is 30.